The van der Waals surface area contributed by atoms with Crippen molar-refractivity contribution >= 4 is 11.6 Å². The number of rotatable bonds is 4. The van der Waals surface area contributed by atoms with Gasteiger partial charge in [-0.15, -0.1) is 0 Å². The van der Waals surface area contributed by atoms with E-state index < -0.39 is 0 Å². The summed E-state index contributed by atoms with van der Waals surface area (Å²) >= 11 is 6.06. The molecule has 1 N–H and O–H groups in total. The molecule has 1 atom stereocenters. The van der Waals surface area contributed by atoms with Crippen LogP contribution in [0.5, 0.6) is 0 Å². The van der Waals surface area contributed by atoms with E-state index in [2.05, 4.69) is 4.90 Å². The number of piperidine rings is 1. The Balaban J connectivity index is 2.11. The molecule has 0 spiro atoms. The maximum Gasteiger partial charge on any atom is 0.129 e. The first-order valence-corrected chi connectivity index (χ1v) is 6.88. The second-order valence-electron chi connectivity index (χ2n) is 4.83. The van der Waals surface area contributed by atoms with E-state index in [0.29, 0.717) is 23.2 Å². The Morgan fingerprint density at radius 2 is 2.22 bits per heavy atom. The van der Waals surface area contributed by atoms with Gasteiger partial charge in [-0.2, -0.15) is 0 Å². The van der Waals surface area contributed by atoms with Gasteiger partial charge in [0.15, 0.2) is 0 Å². The molecule has 1 unspecified atom stereocenters. The fourth-order valence-electron chi connectivity index (χ4n) is 2.63. The molecule has 1 heterocycles. The molecule has 0 aliphatic carbocycles. The summed E-state index contributed by atoms with van der Waals surface area (Å²) in [6, 6.07) is 5.15. The Hall–Kier alpha value is -0.640. The summed E-state index contributed by atoms with van der Waals surface area (Å²) in [7, 11) is 0. The number of halogens is 2. The summed E-state index contributed by atoms with van der Waals surface area (Å²) in [5.41, 5.74) is 0.573. The lowest BCUT2D eigenvalue weighted by atomic mass is 9.98. The quantitative estimate of drug-likeness (QED) is 0.909. The van der Waals surface area contributed by atoms with Crippen LogP contribution >= 0.6 is 11.6 Å². The molecule has 2 rings (SSSR count). The standard InChI is InChI=1S/C14H19ClFNO/c15-13-5-3-6-14(16)12(13)10-17-8-2-1-4-11(17)7-9-18/h3,5-6,11,18H,1-2,4,7-10H2. The fraction of sp³-hybridized carbons (Fsp3) is 0.571. The average Bonchev–Trinajstić information content (AvgIpc) is 2.36. The maximum absolute atomic E-state index is 13.8. The van der Waals surface area contributed by atoms with Crippen LogP contribution in [0, 0.1) is 5.82 Å². The molecule has 1 fully saturated rings. The minimum absolute atomic E-state index is 0.187. The Labute approximate surface area is 112 Å². The van der Waals surface area contributed by atoms with Crippen LogP contribution in [0.4, 0.5) is 4.39 Å². The molecule has 0 radical (unpaired) electrons. The van der Waals surface area contributed by atoms with Gasteiger partial charge in [0, 0.05) is 29.8 Å². The molecule has 0 bridgehead atoms. The van der Waals surface area contributed by atoms with Crippen LogP contribution < -0.4 is 0 Å². The van der Waals surface area contributed by atoms with Gasteiger partial charge in [-0.3, -0.25) is 4.90 Å². The average molecular weight is 272 g/mol. The van der Waals surface area contributed by atoms with Crippen LogP contribution in [-0.2, 0) is 6.54 Å². The molecule has 0 aromatic heterocycles. The molecule has 1 aliphatic heterocycles. The first kappa shape index (κ1) is 13.8. The van der Waals surface area contributed by atoms with E-state index in [1.54, 1.807) is 12.1 Å². The van der Waals surface area contributed by atoms with Gasteiger partial charge < -0.3 is 5.11 Å². The van der Waals surface area contributed by atoms with Gasteiger partial charge in [0.1, 0.15) is 5.82 Å². The summed E-state index contributed by atoms with van der Waals surface area (Å²) in [6.07, 6.45) is 4.15. The second kappa shape index (κ2) is 6.50. The SMILES string of the molecule is OCCC1CCCCN1Cc1c(F)cccc1Cl. The van der Waals surface area contributed by atoms with Crippen molar-refractivity contribution in [2.24, 2.45) is 0 Å². The number of hydrogen-bond donors (Lipinski definition) is 1. The van der Waals surface area contributed by atoms with Crippen LogP contribution in [0.15, 0.2) is 18.2 Å². The van der Waals surface area contributed by atoms with Crippen molar-refractivity contribution in [3.63, 3.8) is 0 Å². The van der Waals surface area contributed by atoms with Crippen molar-refractivity contribution in [3.8, 4) is 0 Å². The number of aliphatic hydroxyl groups is 1. The van der Waals surface area contributed by atoms with Crippen molar-refractivity contribution in [1.29, 1.82) is 0 Å². The van der Waals surface area contributed by atoms with E-state index in [1.165, 1.54) is 12.5 Å². The van der Waals surface area contributed by atoms with Gasteiger partial charge >= 0.3 is 0 Å². The molecule has 4 heteroatoms. The normalized spacial score (nSPS) is 21.2. The third kappa shape index (κ3) is 3.22. The number of likely N-dealkylation sites (tertiary alicyclic amines) is 1. The highest BCUT2D eigenvalue weighted by atomic mass is 35.5. The van der Waals surface area contributed by atoms with Crippen LogP contribution in [0.3, 0.4) is 0 Å². The van der Waals surface area contributed by atoms with E-state index in [1.807, 2.05) is 0 Å². The molecule has 1 aromatic rings. The van der Waals surface area contributed by atoms with Crippen molar-refractivity contribution < 1.29 is 9.50 Å². The Morgan fingerprint density at radius 1 is 1.39 bits per heavy atom. The van der Waals surface area contributed by atoms with Crippen molar-refractivity contribution in [3.05, 3.63) is 34.6 Å². The van der Waals surface area contributed by atoms with Crippen LogP contribution in [-0.4, -0.2) is 29.2 Å². The second-order valence-corrected chi connectivity index (χ2v) is 5.24. The van der Waals surface area contributed by atoms with E-state index in [9.17, 15) is 4.39 Å². The van der Waals surface area contributed by atoms with Crippen molar-refractivity contribution in [2.75, 3.05) is 13.2 Å². The molecule has 100 valence electrons. The summed E-state index contributed by atoms with van der Waals surface area (Å²) in [4.78, 5) is 2.24. The molecule has 18 heavy (non-hydrogen) atoms. The van der Waals surface area contributed by atoms with E-state index in [4.69, 9.17) is 16.7 Å². The Morgan fingerprint density at radius 3 is 2.94 bits per heavy atom. The lowest BCUT2D eigenvalue weighted by Gasteiger charge is -2.35. The van der Waals surface area contributed by atoms with Crippen LogP contribution in [0.25, 0.3) is 0 Å². The first-order chi connectivity index (χ1) is 8.72. The fourth-order valence-corrected chi connectivity index (χ4v) is 2.85. The lowest BCUT2D eigenvalue weighted by molar-refractivity contribution is 0.111. The monoisotopic (exact) mass is 271 g/mol. The number of hydrogen-bond acceptors (Lipinski definition) is 2. The zero-order valence-electron chi connectivity index (χ0n) is 10.4. The Kier molecular flexibility index (Phi) is 4.98. The summed E-state index contributed by atoms with van der Waals surface area (Å²) in [5.74, 6) is -0.240. The number of aliphatic hydroxyl groups excluding tert-OH is 1. The molecule has 1 aliphatic rings. The highest BCUT2D eigenvalue weighted by molar-refractivity contribution is 6.31. The number of benzene rings is 1. The highest BCUT2D eigenvalue weighted by Gasteiger charge is 2.23. The van der Waals surface area contributed by atoms with Gasteiger partial charge in [0.2, 0.25) is 0 Å². The smallest absolute Gasteiger partial charge is 0.129 e. The third-order valence-electron chi connectivity index (χ3n) is 3.63. The molecule has 1 aromatic carbocycles. The zero-order valence-corrected chi connectivity index (χ0v) is 11.2. The predicted molar refractivity (Wildman–Crippen MR) is 71.2 cm³/mol. The lowest BCUT2D eigenvalue weighted by Crippen LogP contribution is -2.39. The van der Waals surface area contributed by atoms with Crippen molar-refractivity contribution in [1.82, 2.24) is 4.90 Å². The highest BCUT2D eigenvalue weighted by Crippen LogP contribution is 2.26. The minimum atomic E-state index is -0.240. The molecule has 0 amide bonds. The maximum atomic E-state index is 13.8. The zero-order chi connectivity index (χ0) is 13.0. The predicted octanol–water partition coefficient (Wildman–Crippen LogP) is 3.22. The summed E-state index contributed by atoms with van der Waals surface area (Å²) < 4.78 is 13.8. The van der Waals surface area contributed by atoms with E-state index in [-0.39, 0.29) is 12.4 Å². The van der Waals surface area contributed by atoms with Crippen molar-refractivity contribution in [2.45, 2.75) is 38.3 Å². The first-order valence-electron chi connectivity index (χ1n) is 6.50. The van der Waals surface area contributed by atoms with Gasteiger partial charge in [0.25, 0.3) is 0 Å². The summed E-state index contributed by atoms with van der Waals surface area (Å²) in [5, 5.41) is 9.57. The molecular formula is C14H19ClFNO. The molecule has 1 saturated heterocycles. The van der Waals surface area contributed by atoms with Gasteiger partial charge in [-0.25, -0.2) is 4.39 Å². The van der Waals surface area contributed by atoms with Crippen LogP contribution in [0.1, 0.15) is 31.2 Å². The molecule has 2 nitrogen and oxygen atoms in total. The topological polar surface area (TPSA) is 23.5 Å². The van der Waals surface area contributed by atoms with E-state index >= 15 is 0 Å². The van der Waals surface area contributed by atoms with E-state index in [0.717, 1.165) is 25.8 Å². The van der Waals surface area contributed by atoms with Gasteiger partial charge in [-0.05, 0) is 37.9 Å². The van der Waals surface area contributed by atoms with Crippen LogP contribution in [0.2, 0.25) is 5.02 Å². The molecule has 0 saturated carbocycles. The largest absolute Gasteiger partial charge is 0.396 e. The van der Waals surface area contributed by atoms with Gasteiger partial charge in [-0.1, -0.05) is 24.1 Å². The summed E-state index contributed by atoms with van der Waals surface area (Å²) in [6.45, 7) is 1.68. The number of nitrogens with zero attached hydrogens (tertiary/aromatic N) is 1. The third-order valence-corrected chi connectivity index (χ3v) is 3.99. The Bertz CT molecular complexity index is 377. The molecular weight excluding hydrogens is 253 g/mol. The van der Waals surface area contributed by atoms with Gasteiger partial charge in [0.05, 0.1) is 0 Å². The minimum Gasteiger partial charge on any atom is -0.396 e.